The third-order valence-corrected chi connectivity index (χ3v) is 3.30. The van der Waals surface area contributed by atoms with Gasteiger partial charge >= 0.3 is 0 Å². The predicted octanol–water partition coefficient (Wildman–Crippen LogP) is 1.62. The lowest BCUT2D eigenvalue weighted by atomic mass is 10.0. The number of amides is 1. The molecule has 1 heterocycles. The van der Waals surface area contributed by atoms with Gasteiger partial charge in [-0.25, -0.2) is 0 Å². The van der Waals surface area contributed by atoms with E-state index in [-0.39, 0.29) is 17.9 Å². The molecular weight excluding hydrogens is 188 g/mol. The predicted molar refractivity (Wildman–Crippen MR) is 62.4 cm³/mol. The maximum atomic E-state index is 11.9. The zero-order valence-corrected chi connectivity index (χ0v) is 10.2. The van der Waals surface area contributed by atoms with E-state index in [1.807, 2.05) is 18.7 Å². The van der Waals surface area contributed by atoms with Crippen LogP contribution in [0.2, 0.25) is 0 Å². The van der Waals surface area contributed by atoms with Gasteiger partial charge in [0.1, 0.15) is 0 Å². The summed E-state index contributed by atoms with van der Waals surface area (Å²) in [6.07, 6.45) is 3.61. The second kappa shape index (κ2) is 5.50. The quantitative estimate of drug-likeness (QED) is 0.769. The van der Waals surface area contributed by atoms with Gasteiger partial charge in [-0.15, -0.1) is 0 Å². The Morgan fingerprint density at radius 1 is 1.53 bits per heavy atom. The largest absolute Gasteiger partial charge is 0.341 e. The van der Waals surface area contributed by atoms with Gasteiger partial charge in [-0.3, -0.25) is 4.79 Å². The van der Waals surface area contributed by atoms with Crippen molar-refractivity contribution in [3.63, 3.8) is 0 Å². The molecule has 1 unspecified atom stereocenters. The molecule has 15 heavy (non-hydrogen) atoms. The summed E-state index contributed by atoms with van der Waals surface area (Å²) >= 11 is 0. The summed E-state index contributed by atoms with van der Waals surface area (Å²) in [7, 11) is 0. The lowest BCUT2D eigenvalue weighted by Crippen LogP contribution is -2.45. The molecule has 3 heteroatoms. The van der Waals surface area contributed by atoms with E-state index in [0.29, 0.717) is 5.92 Å². The molecule has 2 N–H and O–H groups in total. The average Bonchev–Trinajstić information content (AvgIpc) is 2.64. The molecule has 1 fully saturated rings. The van der Waals surface area contributed by atoms with Gasteiger partial charge < -0.3 is 10.6 Å². The van der Waals surface area contributed by atoms with E-state index in [0.717, 1.165) is 19.5 Å². The molecule has 0 spiro atoms. The molecule has 0 aromatic rings. The Balaban J connectivity index is 2.43. The zero-order valence-electron chi connectivity index (χ0n) is 10.2. The fraction of sp³-hybridized carbons (Fsp3) is 0.917. The second-order valence-electron chi connectivity index (χ2n) is 5.00. The summed E-state index contributed by atoms with van der Waals surface area (Å²) in [5.41, 5.74) is 5.87. The van der Waals surface area contributed by atoms with E-state index in [2.05, 4.69) is 6.92 Å². The van der Waals surface area contributed by atoms with Gasteiger partial charge in [0.15, 0.2) is 0 Å². The Bertz CT molecular complexity index is 216. The maximum Gasteiger partial charge on any atom is 0.239 e. The lowest BCUT2D eigenvalue weighted by Gasteiger charge is -2.23. The van der Waals surface area contributed by atoms with E-state index in [4.69, 9.17) is 5.73 Å². The third kappa shape index (κ3) is 3.20. The molecule has 0 bridgehead atoms. The lowest BCUT2D eigenvalue weighted by molar-refractivity contribution is -0.132. The van der Waals surface area contributed by atoms with Crippen LogP contribution in [0.25, 0.3) is 0 Å². The van der Waals surface area contributed by atoms with Crippen molar-refractivity contribution >= 4 is 5.91 Å². The third-order valence-electron chi connectivity index (χ3n) is 3.30. The molecule has 0 aromatic carbocycles. The normalized spacial score (nSPS) is 23.5. The standard InChI is InChI=1S/C12H24N2O/c1-4-5-10-6-7-14(8-10)12(15)11(13)9(2)3/h9-11H,4-8,13H2,1-3H3/t10?,11-/m0/s1. The van der Waals surface area contributed by atoms with E-state index < -0.39 is 0 Å². The molecule has 3 nitrogen and oxygen atoms in total. The van der Waals surface area contributed by atoms with Crippen LogP contribution in [0.1, 0.15) is 40.0 Å². The number of hydrogen-bond acceptors (Lipinski definition) is 2. The van der Waals surface area contributed by atoms with Crippen molar-refractivity contribution in [1.29, 1.82) is 0 Å². The molecule has 2 atom stereocenters. The van der Waals surface area contributed by atoms with Crippen molar-refractivity contribution in [1.82, 2.24) is 4.90 Å². The molecule has 0 radical (unpaired) electrons. The molecule has 1 rings (SSSR count). The van der Waals surface area contributed by atoms with E-state index >= 15 is 0 Å². The first-order valence-electron chi connectivity index (χ1n) is 6.10. The van der Waals surface area contributed by atoms with Gasteiger partial charge in [-0.2, -0.15) is 0 Å². The molecule has 88 valence electrons. The topological polar surface area (TPSA) is 46.3 Å². The fourth-order valence-corrected chi connectivity index (χ4v) is 2.17. The molecule has 0 saturated carbocycles. The highest BCUT2D eigenvalue weighted by atomic mass is 16.2. The van der Waals surface area contributed by atoms with Crippen molar-refractivity contribution in [2.75, 3.05) is 13.1 Å². The summed E-state index contributed by atoms with van der Waals surface area (Å²) in [6, 6.07) is -0.314. The highest BCUT2D eigenvalue weighted by Crippen LogP contribution is 2.21. The molecule has 0 aromatic heterocycles. The van der Waals surface area contributed by atoms with Gasteiger partial charge in [-0.05, 0) is 24.7 Å². The van der Waals surface area contributed by atoms with Crippen molar-refractivity contribution in [2.45, 2.75) is 46.1 Å². The van der Waals surface area contributed by atoms with E-state index in [9.17, 15) is 4.79 Å². The fourth-order valence-electron chi connectivity index (χ4n) is 2.17. The van der Waals surface area contributed by atoms with Crippen LogP contribution in [-0.4, -0.2) is 29.9 Å². The minimum absolute atomic E-state index is 0.142. The number of nitrogens with zero attached hydrogens (tertiary/aromatic N) is 1. The molecule has 1 aliphatic heterocycles. The summed E-state index contributed by atoms with van der Waals surface area (Å²) in [5.74, 6) is 1.09. The number of rotatable bonds is 4. The van der Waals surface area contributed by atoms with Crippen LogP contribution < -0.4 is 5.73 Å². The molecule has 0 aliphatic carbocycles. The Kier molecular flexibility index (Phi) is 4.58. The van der Waals surface area contributed by atoms with Crippen LogP contribution in [-0.2, 0) is 4.79 Å². The SMILES string of the molecule is CCCC1CCN(C(=O)[C@@H](N)C(C)C)C1. The van der Waals surface area contributed by atoms with Crippen LogP contribution in [0.4, 0.5) is 0 Å². The first-order chi connectivity index (χ1) is 7.06. The number of carbonyl (C=O) groups is 1. The van der Waals surface area contributed by atoms with E-state index in [1.54, 1.807) is 0 Å². The van der Waals surface area contributed by atoms with Gasteiger partial charge in [0.2, 0.25) is 5.91 Å². The zero-order chi connectivity index (χ0) is 11.4. The molecule has 1 saturated heterocycles. The number of nitrogens with two attached hydrogens (primary N) is 1. The first kappa shape index (κ1) is 12.5. The van der Waals surface area contributed by atoms with Crippen molar-refractivity contribution in [2.24, 2.45) is 17.6 Å². The van der Waals surface area contributed by atoms with E-state index in [1.165, 1.54) is 12.8 Å². The summed E-state index contributed by atoms with van der Waals surface area (Å²) < 4.78 is 0. The monoisotopic (exact) mass is 212 g/mol. The Labute approximate surface area is 93.0 Å². The summed E-state index contributed by atoms with van der Waals surface area (Å²) in [6.45, 7) is 8.03. The van der Waals surface area contributed by atoms with Crippen molar-refractivity contribution < 1.29 is 4.79 Å². The Morgan fingerprint density at radius 2 is 2.20 bits per heavy atom. The molecule has 1 amide bonds. The molecular formula is C12H24N2O. The summed E-state index contributed by atoms with van der Waals surface area (Å²) in [5, 5.41) is 0. The van der Waals surface area contributed by atoms with Crippen LogP contribution in [0.15, 0.2) is 0 Å². The smallest absolute Gasteiger partial charge is 0.239 e. The average molecular weight is 212 g/mol. The van der Waals surface area contributed by atoms with Gasteiger partial charge in [0.05, 0.1) is 6.04 Å². The highest BCUT2D eigenvalue weighted by Gasteiger charge is 2.29. The van der Waals surface area contributed by atoms with Crippen LogP contribution in [0.3, 0.4) is 0 Å². The minimum atomic E-state index is -0.314. The highest BCUT2D eigenvalue weighted by molar-refractivity contribution is 5.82. The summed E-state index contributed by atoms with van der Waals surface area (Å²) in [4.78, 5) is 13.9. The van der Waals surface area contributed by atoms with Gasteiger partial charge in [-0.1, -0.05) is 27.2 Å². The van der Waals surface area contributed by atoms with Crippen LogP contribution in [0, 0.1) is 11.8 Å². The minimum Gasteiger partial charge on any atom is -0.341 e. The number of hydrogen-bond donors (Lipinski definition) is 1. The van der Waals surface area contributed by atoms with Gasteiger partial charge in [0.25, 0.3) is 0 Å². The number of likely N-dealkylation sites (tertiary alicyclic amines) is 1. The first-order valence-corrected chi connectivity index (χ1v) is 6.10. The Hall–Kier alpha value is -0.570. The van der Waals surface area contributed by atoms with Crippen LogP contribution in [0.5, 0.6) is 0 Å². The maximum absolute atomic E-state index is 11.9. The van der Waals surface area contributed by atoms with Gasteiger partial charge in [0, 0.05) is 13.1 Å². The second-order valence-corrected chi connectivity index (χ2v) is 5.00. The molecule has 1 aliphatic rings. The van der Waals surface area contributed by atoms with Crippen molar-refractivity contribution in [3.8, 4) is 0 Å². The Morgan fingerprint density at radius 3 is 2.73 bits per heavy atom. The van der Waals surface area contributed by atoms with Crippen molar-refractivity contribution in [3.05, 3.63) is 0 Å². The number of carbonyl (C=O) groups excluding carboxylic acids is 1. The van der Waals surface area contributed by atoms with Crippen LogP contribution >= 0.6 is 0 Å².